The van der Waals surface area contributed by atoms with Crippen LogP contribution >= 0.6 is 0 Å². The van der Waals surface area contributed by atoms with Gasteiger partial charge >= 0.3 is 0 Å². The van der Waals surface area contributed by atoms with Crippen molar-refractivity contribution < 1.29 is 4.57 Å². The van der Waals surface area contributed by atoms with Crippen molar-refractivity contribution in [3.05, 3.63) is 124 Å². The van der Waals surface area contributed by atoms with E-state index in [0.717, 1.165) is 0 Å². The number of nitrogens with zero attached hydrogens (tertiary/aromatic N) is 1. The largest absolute Gasteiger partial charge is 0.240 e. The third kappa shape index (κ3) is 4.15. The molecule has 0 bridgehead atoms. The van der Waals surface area contributed by atoms with E-state index in [1.165, 1.54) is 83.0 Å². The summed E-state index contributed by atoms with van der Waals surface area (Å²) < 4.78 is 2.30. The van der Waals surface area contributed by atoms with E-state index >= 15 is 0 Å². The fourth-order valence-electron chi connectivity index (χ4n) is 7.23. The second-order valence-corrected chi connectivity index (χ2v) is 12.0. The third-order valence-corrected chi connectivity index (χ3v) is 9.35. The molecule has 1 aliphatic rings. The number of hydrogen-bond acceptors (Lipinski definition) is 0. The van der Waals surface area contributed by atoms with Crippen LogP contribution in [0.2, 0.25) is 0 Å². The summed E-state index contributed by atoms with van der Waals surface area (Å²) in [5.41, 5.74) is 20.6. The highest BCUT2D eigenvalue weighted by molar-refractivity contribution is 7.11. The maximum atomic E-state index is 2.53. The molecule has 5 aromatic rings. The standard InChI is InChI=1S/C37H38B2N/c1-23-13-11-14-24(2)36(23)38-31-17-9-10-18-32(31)39(37-25(3)15-12-16-26(37)4)34-21-30(28(6)19-33(34)38)35-20-27(5)29(7)22-40(35)8/h9-22H,1-8H3/q+1. The van der Waals surface area contributed by atoms with E-state index in [9.17, 15) is 0 Å². The maximum absolute atomic E-state index is 2.53. The lowest BCUT2D eigenvalue weighted by atomic mass is 9.20. The van der Waals surface area contributed by atoms with Crippen LogP contribution in [0.25, 0.3) is 11.3 Å². The molecule has 196 valence electrons. The van der Waals surface area contributed by atoms with Crippen LogP contribution in [0.5, 0.6) is 0 Å². The zero-order chi connectivity index (χ0) is 28.3. The number of benzene rings is 4. The summed E-state index contributed by atoms with van der Waals surface area (Å²) in [4.78, 5) is 0. The Bertz CT molecular complexity index is 1760. The van der Waals surface area contributed by atoms with Crippen LogP contribution in [0.15, 0.2) is 85.1 Å². The Balaban J connectivity index is 1.73. The fourth-order valence-corrected chi connectivity index (χ4v) is 7.23. The molecular formula is C37H38B2N+. The highest BCUT2D eigenvalue weighted by Gasteiger charge is 2.41. The molecule has 4 aromatic carbocycles. The molecule has 1 aromatic heterocycles. The smallest absolute Gasteiger partial charge is 0.201 e. The van der Waals surface area contributed by atoms with Crippen LogP contribution in [-0.4, -0.2) is 13.4 Å². The number of hydrogen-bond donors (Lipinski definition) is 0. The van der Waals surface area contributed by atoms with Gasteiger partial charge in [0.05, 0.1) is 0 Å². The first-order valence-corrected chi connectivity index (χ1v) is 14.5. The van der Waals surface area contributed by atoms with Crippen molar-refractivity contribution in [2.75, 3.05) is 0 Å². The van der Waals surface area contributed by atoms with Gasteiger partial charge in [0.2, 0.25) is 19.1 Å². The second kappa shape index (κ2) is 9.97. The Hall–Kier alpha value is -3.84. The first-order chi connectivity index (χ1) is 19.2. The molecule has 0 unspecified atom stereocenters. The van der Waals surface area contributed by atoms with Crippen molar-refractivity contribution in [3.8, 4) is 11.3 Å². The SMILES string of the molecule is Cc1cc(-c2cc3c(cc2C)B(c2c(C)cccc2C)c2ccccc2B3c2c(C)cccc2C)[n+](C)cc1C. The minimum absolute atomic E-state index is 0.184. The van der Waals surface area contributed by atoms with Crippen LogP contribution in [0.4, 0.5) is 0 Å². The predicted octanol–water partition coefficient (Wildman–Crippen LogP) is 3.68. The van der Waals surface area contributed by atoms with Gasteiger partial charge in [-0.1, -0.05) is 128 Å². The molecule has 0 spiro atoms. The Morgan fingerprint density at radius 1 is 0.450 bits per heavy atom. The van der Waals surface area contributed by atoms with Gasteiger partial charge in [0.1, 0.15) is 7.05 Å². The first kappa shape index (κ1) is 26.4. The monoisotopic (exact) mass is 518 g/mol. The average Bonchev–Trinajstić information content (AvgIpc) is 2.91. The van der Waals surface area contributed by atoms with Gasteiger partial charge in [-0.2, -0.15) is 0 Å². The molecule has 0 saturated heterocycles. The number of aryl methyl sites for hydroxylation is 8. The van der Waals surface area contributed by atoms with Crippen molar-refractivity contribution in [1.82, 2.24) is 0 Å². The molecule has 0 atom stereocenters. The number of aromatic nitrogens is 1. The van der Waals surface area contributed by atoms with Crippen molar-refractivity contribution >= 4 is 46.2 Å². The summed E-state index contributed by atoms with van der Waals surface area (Å²) in [6, 6.07) is 30.1. The summed E-state index contributed by atoms with van der Waals surface area (Å²) >= 11 is 0. The summed E-state index contributed by atoms with van der Waals surface area (Å²) in [6.07, 6.45) is 2.27. The van der Waals surface area contributed by atoms with Crippen molar-refractivity contribution in [2.24, 2.45) is 7.05 Å². The molecule has 0 aliphatic carbocycles. The van der Waals surface area contributed by atoms with Gasteiger partial charge in [-0.05, 0) is 59.6 Å². The molecule has 0 N–H and O–H groups in total. The Morgan fingerprint density at radius 3 is 1.43 bits per heavy atom. The molecule has 6 rings (SSSR count). The van der Waals surface area contributed by atoms with Crippen LogP contribution in [0.1, 0.15) is 38.9 Å². The van der Waals surface area contributed by atoms with Gasteiger partial charge in [0.15, 0.2) is 6.20 Å². The molecule has 1 nitrogen and oxygen atoms in total. The summed E-state index contributed by atoms with van der Waals surface area (Å²) in [6.45, 7) is 16.2. The zero-order valence-corrected chi connectivity index (χ0v) is 25.2. The summed E-state index contributed by atoms with van der Waals surface area (Å²) in [7, 11) is 2.18. The van der Waals surface area contributed by atoms with Gasteiger partial charge in [0.25, 0.3) is 0 Å². The number of fused-ring (bicyclic) bond motifs is 2. The topological polar surface area (TPSA) is 3.88 Å². The molecule has 0 amide bonds. The summed E-state index contributed by atoms with van der Waals surface area (Å²) in [5.74, 6) is 0. The minimum atomic E-state index is 0.184. The number of pyridine rings is 1. The minimum Gasteiger partial charge on any atom is -0.201 e. The maximum Gasteiger partial charge on any atom is 0.240 e. The van der Waals surface area contributed by atoms with E-state index in [0.29, 0.717) is 0 Å². The Labute approximate surface area is 241 Å². The van der Waals surface area contributed by atoms with Gasteiger partial charge in [-0.25, -0.2) is 4.57 Å². The Kier molecular flexibility index (Phi) is 6.57. The van der Waals surface area contributed by atoms with E-state index in [2.05, 4.69) is 145 Å². The predicted molar refractivity (Wildman–Crippen MR) is 175 cm³/mol. The van der Waals surface area contributed by atoms with Crippen LogP contribution in [0.3, 0.4) is 0 Å². The van der Waals surface area contributed by atoms with Crippen LogP contribution in [0, 0.1) is 48.5 Å². The lowest BCUT2D eigenvalue weighted by molar-refractivity contribution is -0.660. The van der Waals surface area contributed by atoms with Gasteiger partial charge in [-0.15, -0.1) is 0 Å². The highest BCUT2D eigenvalue weighted by Crippen LogP contribution is 2.22. The van der Waals surface area contributed by atoms with Gasteiger partial charge < -0.3 is 0 Å². The molecule has 1 aliphatic heterocycles. The van der Waals surface area contributed by atoms with E-state index < -0.39 is 0 Å². The molecule has 3 heteroatoms. The zero-order valence-electron chi connectivity index (χ0n) is 25.2. The molecule has 0 saturated carbocycles. The van der Waals surface area contributed by atoms with Crippen molar-refractivity contribution in [3.63, 3.8) is 0 Å². The molecule has 0 radical (unpaired) electrons. The molecule has 40 heavy (non-hydrogen) atoms. The molecular weight excluding hydrogens is 480 g/mol. The Morgan fingerprint density at radius 2 is 0.925 bits per heavy atom. The summed E-state index contributed by atoms with van der Waals surface area (Å²) in [5, 5.41) is 0. The van der Waals surface area contributed by atoms with Crippen LogP contribution < -0.4 is 37.3 Å². The quantitative estimate of drug-likeness (QED) is 0.249. The lowest BCUT2D eigenvalue weighted by Gasteiger charge is -2.35. The first-order valence-electron chi connectivity index (χ1n) is 14.5. The van der Waals surface area contributed by atoms with Crippen molar-refractivity contribution in [2.45, 2.75) is 48.5 Å². The third-order valence-electron chi connectivity index (χ3n) is 9.35. The second-order valence-electron chi connectivity index (χ2n) is 12.0. The van der Waals surface area contributed by atoms with E-state index in [1.54, 1.807) is 0 Å². The van der Waals surface area contributed by atoms with Gasteiger partial charge in [0, 0.05) is 17.2 Å². The number of rotatable bonds is 3. The van der Waals surface area contributed by atoms with E-state index in [-0.39, 0.29) is 13.4 Å². The van der Waals surface area contributed by atoms with Crippen molar-refractivity contribution in [1.29, 1.82) is 0 Å². The van der Waals surface area contributed by atoms with Crippen LogP contribution in [-0.2, 0) is 7.05 Å². The van der Waals surface area contributed by atoms with E-state index in [4.69, 9.17) is 0 Å². The average molecular weight is 518 g/mol. The normalized spacial score (nSPS) is 12.4. The molecule has 0 fully saturated rings. The lowest BCUT2D eigenvalue weighted by Crippen LogP contribution is -2.76. The molecule has 2 heterocycles. The van der Waals surface area contributed by atoms with E-state index in [1.807, 2.05) is 0 Å². The van der Waals surface area contributed by atoms with Gasteiger partial charge in [-0.3, -0.25) is 0 Å². The fraction of sp³-hybridized carbons (Fsp3) is 0.216. The highest BCUT2D eigenvalue weighted by atomic mass is 14.9.